The first kappa shape index (κ1) is 12.1. The monoisotopic (exact) mass is 141 g/mol. The number of carbonyl (C=O) groups is 1. The summed E-state index contributed by atoms with van der Waals surface area (Å²) in [6.07, 6.45) is 0. The molecule has 0 amide bonds. The molecule has 0 saturated carbocycles. The molecule has 0 aromatic rings. The predicted molar refractivity (Wildman–Crippen MR) is 37.9 cm³/mol. The third-order valence-electron chi connectivity index (χ3n) is 1.13. The second-order valence-electron chi connectivity index (χ2n) is 1.98. The second-order valence-corrected chi connectivity index (χ2v) is 1.98. The van der Waals surface area contributed by atoms with Crippen molar-refractivity contribution >= 4 is 35.5 Å². The van der Waals surface area contributed by atoms with Gasteiger partial charge in [0.05, 0.1) is 0 Å². The second kappa shape index (κ2) is 5.23. The van der Waals surface area contributed by atoms with Crippen molar-refractivity contribution in [3.05, 3.63) is 0 Å². The molecule has 1 unspecified atom stereocenters. The fourth-order valence-electron chi connectivity index (χ4n) is 0.221. The SMILES string of the molecule is CC(C(=O)O)N(C)C.[NaH]. The molecule has 4 heteroatoms. The Balaban J connectivity index is 0. The molecular weight excluding hydrogens is 129 g/mol. The molecule has 0 aliphatic heterocycles. The predicted octanol–water partition coefficient (Wildman–Crippen LogP) is -0.627. The van der Waals surface area contributed by atoms with Crippen LogP contribution in [-0.2, 0) is 4.79 Å². The van der Waals surface area contributed by atoms with Gasteiger partial charge in [0.15, 0.2) is 0 Å². The summed E-state index contributed by atoms with van der Waals surface area (Å²) in [6, 6.07) is -0.380. The van der Waals surface area contributed by atoms with E-state index in [1.54, 1.807) is 25.9 Å². The van der Waals surface area contributed by atoms with Crippen LogP contribution >= 0.6 is 0 Å². The van der Waals surface area contributed by atoms with Crippen LogP contribution in [-0.4, -0.2) is 65.7 Å². The quantitative estimate of drug-likeness (QED) is 0.521. The van der Waals surface area contributed by atoms with Gasteiger partial charge in [-0.15, -0.1) is 0 Å². The zero-order valence-corrected chi connectivity index (χ0v) is 5.38. The summed E-state index contributed by atoms with van der Waals surface area (Å²) in [5.41, 5.74) is 0. The summed E-state index contributed by atoms with van der Waals surface area (Å²) >= 11 is 0. The van der Waals surface area contributed by atoms with Crippen LogP contribution in [0, 0.1) is 0 Å². The first-order valence-electron chi connectivity index (χ1n) is 2.45. The van der Waals surface area contributed by atoms with Gasteiger partial charge in [0.1, 0.15) is 6.04 Å². The van der Waals surface area contributed by atoms with Crippen LogP contribution in [0.5, 0.6) is 0 Å². The van der Waals surface area contributed by atoms with Crippen LogP contribution in [0.4, 0.5) is 0 Å². The number of carboxylic acids is 1. The van der Waals surface area contributed by atoms with Crippen molar-refractivity contribution in [2.24, 2.45) is 0 Å². The summed E-state index contributed by atoms with van der Waals surface area (Å²) in [5, 5.41) is 8.31. The van der Waals surface area contributed by atoms with Crippen LogP contribution in [0.25, 0.3) is 0 Å². The summed E-state index contributed by atoms with van der Waals surface area (Å²) in [4.78, 5) is 11.7. The van der Waals surface area contributed by atoms with Gasteiger partial charge < -0.3 is 5.11 Å². The van der Waals surface area contributed by atoms with E-state index in [0.717, 1.165) is 0 Å². The molecule has 0 heterocycles. The summed E-state index contributed by atoms with van der Waals surface area (Å²) < 4.78 is 0. The van der Waals surface area contributed by atoms with Gasteiger partial charge in [-0.3, -0.25) is 9.69 Å². The Morgan fingerprint density at radius 2 is 1.89 bits per heavy atom. The van der Waals surface area contributed by atoms with Gasteiger partial charge in [0.2, 0.25) is 0 Å². The van der Waals surface area contributed by atoms with Crippen molar-refractivity contribution in [1.29, 1.82) is 0 Å². The fraction of sp³-hybridized carbons (Fsp3) is 0.800. The van der Waals surface area contributed by atoms with Gasteiger partial charge >= 0.3 is 35.5 Å². The fourth-order valence-corrected chi connectivity index (χ4v) is 0.221. The molecule has 0 rings (SSSR count). The van der Waals surface area contributed by atoms with Crippen LogP contribution < -0.4 is 0 Å². The summed E-state index contributed by atoms with van der Waals surface area (Å²) in [7, 11) is 3.47. The van der Waals surface area contributed by atoms with Gasteiger partial charge in [-0.1, -0.05) is 0 Å². The Labute approximate surface area is 77.3 Å². The van der Waals surface area contributed by atoms with Crippen LogP contribution in [0.15, 0.2) is 0 Å². The molecule has 0 radical (unpaired) electrons. The van der Waals surface area contributed by atoms with E-state index >= 15 is 0 Å². The van der Waals surface area contributed by atoms with Crippen molar-refractivity contribution in [2.75, 3.05) is 14.1 Å². The van der Waals surface area contributed by atoms with Gasteiger partial charge in [0.25, 0.3) is 0 Å². The number of hydrogen-bond donors (Lipinski definition) is 1. The molecule has 1 atom stereocenters. The Bertz CT molecular complexity index is 95.0. The molecule has 1 N–H and O–H groups in total. The molecule has 0 aliphatic carbocycles. The molecule has 9 heavy (non-hydrogen) atoms. The van der Waals surface area contributed by atoms with E-state index in [1.807, 2.05) is 0 Å². The molecule has 50 valence electrons. The molecule has 3 nitrogen and oxygen atoms in total. The zero-order valence-electron chi connectivity index (χ0n) is 5.38. The van der Waals surface area contributed by atoms with Gasteiger partial charge in [-0.05, 0) is 21.0 Å². The number of likely N-dealkylation sites (N-methyl/N-ethyl adjacent to an activating group) is 1. The number of aliphatic carboxylic acids is 1. The van der Waals surface area contributed by atoms with Crippen molar-refractivity contribution in [3.8, 4) is 0 Å². The van der Waals surface area contributed by atoms with E-state index in [9.17, 15) is 4.79 Å². The maximum absolute atomic E-state index is 10.1. The number of nitrogens with zero attached hydrogens (tertiary/aromatic N) is 1. The summed E-state index contributed by atoms with van der Waals surface area (Å²) in [6.45, 7) is 1.64. The third kappa shape index (κ3) is 4.90. The summed E-state index contributed by atoms with van der Waals surface area (Å²) in [5.74, 6) is -0.782. The van der Waals surface area contributed by atoms with Crippen LogP contribution in [0.2, 0.25) is 0 Å². The average molecular weight is 141 g/mol. The zero-order chi connectivity index (χ0) is 6.73. The molecule has 0 fully saturated rings. The van der Waals surface area contributed by atoms with E-state index in [2.05, 4.69) is 0 Å². The Morgan fingerprint density at radius 3 is 1.89 bits per heavy atom. The minimum absolute atomic E-state index is 0. The van der Waals surface area contributed by atoms with Gasteiger partial charge in [0, 0.05) is 0 Å². The molecule has 0 saturated heterocycles. The van der Waals surface area contributed by atoms with Gasteiger partial charge in [-0.2, -0.15) is 0 Å². The molecule has 0 aromatic carbocycles. The normalized spacial score (nSPS) is 12.4. The number of carboxylic acid groups (broad SMARTS) is 1. The average Bonchev–Trinajstić information content (AvgIpc) is 1.64. The standard InChI is InChI=1S/C5H11NO2.Na.H/c1-4(5(7)8)6(2)3;;/h4H,1-3H3,(H,7,8);;. The molecule has 0 aliphatic rings. The van der Waals surface area contributed by atoms with Crippen molar-refractivity contribution in [1.82, 2.24) is 4.90 Å². The Kier molecular flexibility index (Phi) is 7.06. The van der Waals surface area contributed by atoms with Crippen LogP contribution in [0.3, 0.4) is 0 Å². The van der Waals surface area contributed by atoms with E-state index in [0.29, 0.717) is 0 Å². The first-order chi connectivity index (χ1) is 3.55. The first-order valence-corrected chi connectivity index (χ1v) is 2.45. The van der Waals surface area contributed by atoms with E-state index in [-0.39, 0.29) is 35.6 Å². The third-order valence-corrected chi connectivity index (χ3v) is 1.13. The maximum atomic E-state index is 10.1. The minimum atomic E-state index is -0.782. The van der Waals surface area contributed by atoms with E-state index in [4.69, 9.17) is 5.11 Å². The van der Waals surface area contributed by atoms with Crippen molar-refractivity contribution in [3.63, 3.8) is 0 Å². The Morgan fingerprint density at radius 1 is 1.56 bits per heavy atom. The van der Waals surface area contributed by atoms with Crippen molar-refractivity contribution in [2.45, 2.75) is 13.0 Å². The number of hydrogen-bond acceptors (Lipinski definition) is 2. The van der Waals surface area contributed by atoms with E-state index < -0.39 is 5.97 Å². The van der Waals surface area contributed by atoms with Gasteiger partial charge in [-0.25, -0.2) is 0 Å². The Hall–Kier alpha value is 0.430. The topological polar surface area (TPSA) is 40.5 Å². The molecule has 0 aromatic heterocycles. The molecule has 0 spiro atoms. The molecular formula is C5H12NNaO2. The van der Waals surface area contributed by atoms with Crippen LogP contribution in [0.1, 0.15) is 6.92 Å². The van der Waals surface area contributed by atoms with Crippen molar-refractivity contribution < 1.29 is 9.90 Å². The van der Waals surface area contributed by atoms with E-state index in [1.165, 1.54) is 0 Å². The molecule has 0 bridgehead atoms. The number of rotatable bonds is 2.